The number of rotatable bonds is 8. The molecular weight excluding hydrogens is 418 g/mol. The number of aromatic amines is 1. The van der Waals surface area contributed by atoms with E-state index in [1.807, 2.05) is 31.2 Å². The normalized spacial score (nSPS) is 11.0. The molecule has 0 saturated carbocycles. The number of carbonyl (C=O) groups excluding carboxylic acids is 1. The minimum Gasteiger partial charge on any atom is -0.493 e. The van der Waals surface area contributed by atoms with Gasteiger partial charge in [0.25, 0.3) is 5.22 Å². The highest BCUT2D eigenvalue weighted by molar-refractivity contribution is 7.99. The molecule has 0 radical (unpaired) electrons. The molecule has 2 heterocycles. The van der Waals surface area contributed by atoms with Crippen LogP contribution in [0, 0.1) is 6.92 Å². The lowest BCUT2D eigenvalue weighted by Crippen LogP contribution is -2.03. The molecule has 8 nitrogen and oxygen atoms in total. The van der Waals surface area contributed by atoms with Gasteiger partial charge in [-0.1, -0.05) is 30.0 Å². The summed E-state index contributed by atoms with van der Waals surface area (Å²) in [6, 6.07) is 11.2. The molecule has 31 heavy (non-hydrogen) atoms. The van der Waals surface area contributed by atoms with Gasteiger partial charge in [0.2, 0.25) is 11.6 Å². The molecule has 2 aromatic heterocycles. The molecule has 0 aliphatic carbocycles. The van der Waals surface area contributed by atoms with Crippen LogP contribution in [0.5, 0.6) is 17.2 Å². The van der Waals surface area contributed by atoms with E-state index in [-0.39, 0.29) is 17.4 Å². The van der Waals surface area contributed by atoms with Gasteiger partial charge in [-0.3, -0.25) is 4.79 Å². The van der Waals surface area contributed by atoms with Crippen LogP contribution >= 0.6 is 11.8 Å². The highest BCUT2D eigenvalue weighted by Gasteiger charge is 2.20. The van der Waals surface area contributed by atoms with Crippen LogP contribution in [0.4, 0.5) is 0 Å². The number of H-pyrrole nitrogens is 1. The van der Waals surface area contributed by atoms with Crippen molar-refractivity contribution in [2.45, 2.75) is 12.1 Å². The lowest BCUT2D eigenvalue weighted by atomic mass is 10.1. The Hall–Kier alpha value is -3.46. The number of nitrogens with zero attached hydrogens (tertiary/aromatic N) is 2. The summed E-state index contributed by atoms with van der Waals surface area (Å²) in [5.74, 6) is 1.90. The fourth-order valence-corrected chi connectivity index (χ4v) is 4.06. The first-order valence-electron chi connectivity index (χ1n) is 9.43. The van der Waals surface area contributed by atoms with E-state index in [0.29, 0.717) is 33.6 Å². The van der Waals surface area contributed by atoms with E-state index in [1.54, 1.807) is 12.1 Å². The maximum absolute atomic E-state index is 12.9. The molecule has 160 valence electrons. The molecular formula is C22H21N3O5S. The average Bonchev–Trinajstić information content (AvgIpc) is 3.40. The van der Waals surface area contributed by atoms with Crippen LogP contribution in [0.15, 0.2) is 46.0 Å². The van der Waals surface area contributed by atoms with Gasteiger partial charge >= 0.3 is 0 Å². The van der Waals surface area contributed by atoms with Gasteiger partial charge in [-0.15, -0.1) is 10.2 Å². The minimum absolute atomic E-state index is 0.00696. The lowest BCUT2D eigenvalue weighted by Gasteiger charge is -2.12. The zero-order valence-corrected chi connectivity index (χ0v) is 18.3. The number of fused-ring (bicyclic) bond motifs is 1. The lowest BCUT2D eigenvalue weighted by molar-refractivity contribution is 0.102. The zero-order valence-electron chi connectivity index (χ0n) is 17.5. The first-order chi connectivity index (χ1) is 15.0. The molecule has 4 rings (SSSR count). The van der Waals surface area contributed by atoms with Crippen LogP contribution < -0.4 is 14.2 Å². The number of benzene rings is 2. The van der Waals surface area contributed by atoms with Gasteiger partial charge in [-0.25, -0.2) is 0 Å². The van der Waals surface area contributed by atoms with Crippen molar-refractivity contribution < 1.29 is 23.4 Å². The van der Waals surface area contributed by atoms with E-state index >= 15 is 0 Å². The van der Waals surface area contributed by atoms with Crippen molar-refractivity contribution in [3.8, 4) is 28.7 Å². The van der Waals surface area contributed by atoms with Gasteiger partial charge in [0.05, 0.1) is 27.1 Å². The third-order valence-corrected chi connectivity index (χ3v) is 5.64. The van der Waals surface area contributed by atoms with Crippen molar-refractivity contribution in [3.63, 3.8) is 0 Å². The van der Waals surface area contributed by atoms with Crippen LogP contribution in [-0.4, -0.2) is 48.0 Å². The van der Waals surface area contributed by atoms with E-state index in [9.17, 15) is 4.79 Å². The molecule has 0 bridgehead atoms. The Morgan fingerprint density at radius 2 is 1.77 bits per heavy atom. The first-order valence-corrected chi connectivity index (χ1v) is 10.4. The van der Waals surface area contributed by atoms with Gasteiger partial charge < -0.3 is 23.6 Å². The molecule has 0 spiro atoms. The SMILES string of the molecule is COc1cc(-c2nnc(SCC(=O)c3c(C)[nH]c4ccccc34)o2)cc(OC)c1OC. The number of thioether (sulfide) groups is 1. The van der Waals surface area contributed by atoms with E-state index in [1.165, 1.54) is 33.1 Å². The molecule has 0 atom stereocenters. The van der Waals surface area contributed by atoms with Gasteiger partial charge in [0.15, 0.2) is 17.3 Å². The summed E-state index contributed by atoms with van der Waals surface area (Å²) in [7, 11) is 4.61. The molecule has 0 unspecified atom stereocenters. The molecule has 0 amide bonds. The van der Waals surface area contributed by atoms with Gasteiger partial charge in [-0.05, 0) is 25.1 Å². The number of aromatic nitrogens is 3. The summed E-state index contributed by atoms with van der Waals surface area (Å²) >= 11 is 1.20. The van der Waals surface area contributed by atoms with Crippen LogP contribution in [0.1, 0.15) is 16.1 Å². The van der Waals surface area contributed by atoms with Crippen LogP contribution in [0.2, 0.25) is 0 Å². The van der Waals surface area contributed by atoms with Crippen molar-refractivity contribution in [2.75, 3.05) is 27.1 Å². The predicted molar refractivity (Wildman–Crippen MR) is 117 cm³/mol. The number of ketones is 1. The standard InChI is InChI=1S/C22H21N3O5S/c1-12-19(14-7-5-6-8-15(14)23-12)16(26)11-31-22-25-24-21(30-22)13-9-17(27-2)20(29-4)18(10-13)28-3/h5-10,23H,11H2,1-4H3. The molecule has 0 fully saturated rings. The number of hydrogen-bond donors (Lipinski definition) is 1. The Morgan fingerprint density at radius 1 is 1.06 bits per heavy atom. The Labute approximate surface area is 182 Å². The number of aryl methyl sites for hydroxylation is 1. The van der Waals surface area contributed by atoms with Crippen molar-refractivity contribution in [3.05, 3.63) is 47.7 Å². The molecule has 4 aromatic rings. The summed E-state index contributed by atoms with van der Waals surface area (Å²) in [6.07, 6.45) is 0. The van der Waals surface area contributed by atoms with E-state index < -0.39 is 0 Å². The van der Waals surface area contributed by atoms with Crippen LogP contribution in [-0.2, 0) is 0 Å². The van der Waals surface area contributed by atoms with E-state index in [0.717, 1.165) is 16.6 Å². The highest BCUT2D eigenvalue weighted by Crippen LogP contribution is 2.41. The number of carbonyl (C=O) groups is 1. The number of nitrogens with one attached hydrogen (secondary N) is 1. The second kappa shape index (κ2) is 8.73. The van der Waals surface area contributed by atoms with E-state index in [4.69, 9.17) is 18.6 Å². The van der Waals surface area contributed by atoms with Crippen LogP contribution in [0.3, 0.4) is 0 Å². The molecule has 0 aliphatic heterocycles. The Bertz CT molecular complexity index is 1220. The maximum Gasteiger partial charge on any atom is 0.277 e. The second-order valence-electron chi connectivity index (χ2n) is 6.67. The Kier molecular flexibility index (Phi) is 5.85. The summed E-state index contributed by atoms with van der Waals surface area (Å²) in [5, 5.41) is 9.36. The van der Waals surface area contributed by atoms with Crippen molar-refractivity contribution in [1.82, 2.24) is 15.2 Å². The second-order valence-corrected chi connectivity index (χ2v) is 7.60. The molecule has 0 aliphatic rings. The zero-order chi connectivity index (χ0) is 22.0. The van der Waals surface area contributed by atoms with Crippen molar-refractivity contribution >= 4 is 28.4 Å². The number of para-hydroxylation sites is 1. The summed E-state index contributed by atoms with van der Waals surface area (Å²) in [5.41, 5.74) is 3.09. The third-order valence-electron chi connectivity index (χ3n) is 4.82. The minimum atomic E-state index is -0.00696. The fourth-order valence-electron chi connectivity index (χ4n) is 3.42. The number of ether oxygens (including phenoxy) is 3. The van der Waals surface area contributed by atoms with Crippen molar-refractivity contribution in [2.24, 2.45) is 0 Å². The monoisotopic (exact) mass is 439 g/mol. The average molecular weight is 439 g/mol. The molecule has 2 aromatic carbocycles. The van der Waals surface area contributed by atoms with Gasteiger partial charge in [0.1, 0.15) is 0 Å². The first kappa shape index (κ1) is 20.8. The molecule has 9 heteroatoms. The highest BCUT2D eigenvalue weighted by atomic mass is 32.2. The van der Waals surface area contributed by atoms with Gasteiger partial charge in [-0.2, -0.15) is 0 Å². The summed E-state index contributed by atoms with van der Waals surface area (Å²) < 4.78 is 21.8. The summed E-state index contributed by atoms with van der Waals surface area (Å²) in [6.45, 7) is 1.90. The number of hydrogen-bond acceptors (Lipinski definition) is 8. The molecule has 1 N–H and O–H groups in total. The topological polar surface area (TPSA) is 99.5 Å². The van der Waals surface area contributed by atoms with Gasteiger partial charge in [0, 0.05) is 27.7 Å². The third kappa shape index (κ3) is 3.96. The Morgan fingerprint density at radius 3 is 2.45 bits per heavy atom. The predicted octanol–water partition coefficient (Wildman–Crippen LogP) is 4.53. The fraction of sp³-hybridized carbons (Fsp3) is 0.227. The number of Topliss-reactive ketones (excluding diaryl/α,β-unsaturated/α-hetero) is 1. The van der Waals surface area contributed by atoms with Crippen LogP contribution in [0.25, 0.3) is 22.4 Å². The maximum atomic E-state index is 12.9. The number of methoxy groups -OCH3 is 3. The summed E-state index contributed by atoms with van der Waals surface area (Å²) in [4.78, 5) is 16.1. The van der Waals surface area contributed by atoms with Crippen molar-refractivity contribution in [1.29, 1.82) is 0 Å². The quantitative estimate of drug-likeness (QED) is 0.316. The van der Waals surface area contributed by atoms with E-state index in [2.05, 4.69) is 15.2 Å². The molecule has 0 saturated heterocycles. The Balaban J connectivity index is 1.53. The smallest absolute Gasteiger partial charge is 0.277 e. The largest absolute Gasteiger partial charge is 0.493 e.